The van der Waals surface area contributed by atoms with Crippen molar-refractivity contribution in [3.05, 3.63) is 40.0 Å². The minimum absolute atomic E-state index is 0.0515. The molecule has 4 aliphatic rings. The van der Waals surface area contributed by atoms with E-state index < -0.39 is 21.7 Å². The van der Waals surface area contributed by atoms with Crippen molar-refractivity contribution < 1.29 is 8.91 Å². The molecule has 4 unspecified atom stereocenters. The predicted molar refractivity (Wildman–Crippen MR) is 133 cm³/mol. The van der Waals surface area contributed by atoms with Gasteiger partial charge in [-0.2, -0.15) is 0 Å². The molecule has 168 valence electrons. The van der Waals surface area contributed by atoms with Crippen LogP contribution in [0.25, 0.3) is 6.08 Å². The Bertz CT molecular complexity index is 1030. The van der Waals surface area contributed by atoms with E-state index in [0.717, 1.165) is 19.3 Å². The molecule has 1 amide bonds. The Morgan fingerprint density at radius 1 is 1.10 bits per heavy atom. The SMILES string of the molecule is CC1=Cc2cc(C(C)(C)C)cc(C34C5CCC(C5)C3(C(N)=O)[Si](C)(C)O[Si]4(C)C)c2C1. The largest absolute Gasteiger partial charge is 0.454 e. The van der Waals surface area contributed by atoms with Gasteiger partial charge in [0.15, 0.2) is 16.6 Å². The minimum atomic E-state index is -2.37. The van der Waals surface area contributed by atoms with E-state index in [4.69, 9.17) is 9.85 Å². The maximum atomic E-state index is 13.7. The first-order valence-electron chi connectivity index (χ1n) is 12.1. The standard InChI is InChI=1S/C26H39NO2Si2/c1-16-11-17-13-20(24(2,3)4)15-22(21(17)12-16)25-18-9-10-19(14-18)26(25,23(27)28)31(7,8)29-30(25,5)6/h11,13,15,18-19H,9-10,12,14H2,1-8H3,(H2,27,28). The Kier molecular flexibility index (Phi) is 4.21. The second-order valence-corrected chi connectivity index (χ2v) is 21.3. The molecule has 0 spiro atoms. The molecule has 0 aromatic heterocycles. The van der Waals surface area contributed by atoms with Crippen LogP contribution in [0.1, 0.15) is 69.2 Å². The summed E-state index contributed by atoms with van der Waals surface area (Å²) in [5.74, 6) is 0.837. The van der Waals surface area contributed by atoms with Crippen molar-refractivity contribution in [2.45, 2.75) is 95.1 Å². The summed E-state index contributed by atoms with van der Waals surface area (Å²) in [4.78, 5) is 13.7. The van der Waals surface area contributed by atoms with Crippen LogP contribution >= 0.6 is 0 Å². The van der Waals surface area contributed by atoms with Gasteiger partial charge in [-0.05, 0) is 98.3 Å². The molecule has 3 aliphatic carbocycles. The molecule has 2 bridgehead atoms. The van der Waals surface area contributed by atoms with Crippen molar-refractivity contribution >= 4 is 28.6 Å². The summed E-state index contributed by atoms with van der Waals surface area (Å²) in [7, 11) is -4.66. The van der Waals surface area contributed by atoms with Crippen LogP contribution in [0.4, 0.5) is 0 Å². The number of primary amides is 1. The summed E-state index contributed by atoms with van der Waals surface area (Å²) in [6, 6.07) is 4.90. The van der Waals surface area contributed by atoms with Crippen molar-refractivity contribution in [1.29, 1.82) is 0 Å². The number of fused-ring (bicyclic) bond motifs is 6. The zero-order chi connectivity index (χ0) is 22.8. The third kappa shape index (κ3) is 2.31. The van der Waals surface area contributed by atoms with E-state index in [1.807, 2.05) is 0 Å². The van der Waals surface area contributed by atoms with Crippen molar-refractivity contribution in [1.82, 2.24) is 0 Å². The van der Waals surface area contributed by atoms with Crippen LogP contribution in [-0.4, -0.2) is 22.5 Å². The van der Waals surface area contributed by atoms with Crippen LogP contribution in [0.5, 0.6) is 0 Å². The molecule has 1 aromatic rings. The van der Waals surface area contributed by atoms with E-state index in [-0.39, 0.29) is 16.4 Å². The van der Waals surface area contributed by atoms with E-state index in [1.165, 1.54) is 34.2 Å². The summed E-state index contributed by atoms with van der Waals surface area (Å²) >= 11 is 0. The second kappa shape index (κ2) is 6.03. The van der Waals surface area contributed by atoms with Gasteiger partial charge < -0.3 is 9.85 Å². The predicted octanol–water partition coefficient (Wildman–Crippen LogP) is 5.82. The van der Waals surface area contributed by atoms with Gasteiger partial charge in [-0.15, -0.1) is 0 Å². The van der Waals surface area contributed by atoms with Crippen molar-refractivity contribution in [3.63, 3.8) is 0 Å². The first-order chi connectivity index (χ1) is 14.2. The van der Waals surface area contributed by atoms with E-state index in [1.54, 1.807) is 0 Å². The number of hydrogen-bond acceptors (Lipinski definition) is 2. The average molecular weight is 454 g/mol. The highest BCUT2D eigenvalue weighted by Crippen LogP contribution is 2.81. The lowest BCUT2D eigenvalue weighted by Crippen LogP contribution is -2.63. The molecule has 5 rings (SSSR count). The van der Waals surface area contributed by atoms with E-state index in [9.17, 15) is 4.79 Å². The normalized spacial score (nSPS) is 37.0. The number of rotatable bonds is 2. The van der Waals surface area contributed by atoms with Gasteiger partial charge in [-0.1, -0.05) is 44.6 Å². The Hall–Kier alpha value is -1.18. The molecule has 3 fully saturated rings. The molecule has 1 aromatic carbocycles. The number of hydrogen-bond donors (Lipinski definition) is 1. The Balaban J connectivity index is 1.92. The number of allylic oxidation sites excluding steroid dienone is 1. The Labute approximate surface area is 190 Å². The highest BCUT2D eigenvalue weighted by molar-refractivity contribution is 6.96. The molecule has 3 nitrogen and oxygen atoms in total. The molecule has 31 heavy (non-hydrogen) atoms. The van der Waals surface area contributed by atoms with Crippen LogP contribution in [0.2, 0.25) is 31.2 Å². The summed E-state index contributed by atoms with van der Waals surface area (Å²) in [5.41, 5.74) is 13.6. The molecule has 4 atom stereocenters. The summed E-state index contributed by atoms with van der Waals surface area (Å²) in [5, 5.41) is -0.687. The van der Waals surface area contributed by atoms with E-state index in [0.29, 0.717) is 11.8 Å². The third-order valence-corrected chi connectivity index (χ3v) is 19.8. The van der Waals surface area contributed by atoms with Crippen molar-refractivity contribution in [3.8, 4) is 0 Å². The molecule has 2 N–H and O–H groups in total. The molecule has 1 aliphatic heterocycles. The number of benzene rings is 1. The number of amides is 1. The minimum Gasteiger partial charge on any atom is -0.454 e. The average Bonchev–Trinajstić information content (AvgIpc) is 3.31. The molecule has 2 saturated carbocycles. The topological polar surface area (TPSA) is 52.3 Å². The Morgan fingerprint density at radius 2 is 1.74 bits per heavy atom. The lowest BCUT2D eigenvalue weighted by Gasteiger charge is -2.54. The highest BCUT2D eigenvalue weighted by atomic mass is 28.4. The van der Waals surface area contributed by atoms with E-state index >= 15 is 0 Å². The van der Waals surface area contributed by atoms with Gasteiger partial charge in [0.2, 0.25) is 5.91 Å². The monoisotopic (exact) mass is 453 g/mol. The van der Waals surface area contributed by atoms with Crippen molar-refractivity contribution in [2.24, 2.45) is 17.6 Å². The molecule has 5 heteroatoms. The first-order valence-corrected chi connectivity index (χ1v) is 17.9. The number of nitrogens with two attached hydrogens (primary N) is 1. The number of carbonyl (C=O) groups is 1. The zero-order valence-electron chi connectivity index (χ0n) is 20.6. The fourth-order valence-corrected chi connectivity index (χ4v) is 23.7. The molecule has 1 heterocycles. The van der Waals surface area contributed by atoms with Crippen LogP contribution in [0.15, 0.2) is 17.7 Å². The smallest absolute Gasteiger partial charge is 0.224 e. The van der Waals surface area contributed by atoms with Gasteiger partial charge in [0.25, 0.3) is 0 Å². The van der Waals surface area contributed by atoms with Crippen LogP contribution < -0.4 is 5.73 Å². The van der Waals surface area contributed by atoms with Gasteiger partial charge >= 0.3 is 0 Å². The second-order valence-electron chi connectivity index (χ2n) is 12.8. The van der Waals surface area contributed by atoms with Crippen molar-refractivity contribution in [2.75, 3.05) is 0 Å². The summed E-state index contributed by atoms with van der Waals surface area (Å²) in [6.07, 6.45) is 6.87. The van der Waals surface area contributed by atoms with Crippen LogP contribution in [0, 0.1) is 11.8 Å². The number of carbonyl (C=O) groups excluding carboxylic acids is 1. The quantitative estimate of drug-likeness (QED) is 0.574. The van der Waals surface area contributed by atoms with Gasteiger partial charge in [0, 0.05) is 5.04 Å². The first kappa shape index (κ1) is 21.7. The van der Waals surface area contributed by atoms with E-state index in [2.05, 4.69) is 72.1 Å². The lowest BCUT2D eigenvalue weighted by molar-refractivity contribution is -0.123. The Morgan fingerprint density at radius 3 is 2.35 bits per heavy atom. The van der Waals surface area contributed by atoms with Crippen LogP contribution in [0.3, 0.4) is 0 Å². The lowest BCUT2D eigenvalue weighted by atomic mass is 9.69. The maximum absolute atomic E-state index is 13.7. The van der Waals surface area contributed by atoms with Crippen LogP contribution in [-0.2, 0) is 25.8 Å². The van der Waals surface area contributed by atoms with Gasteiger partial charge in [0.1, 0.15) is 0 Å². The fourth-order valence-electron chi connectivity index (χ4n) is 8.99. The fraction of sp³-hybridized carbons (Fsp3) is 0.654. The molecule has 1 saturated heterocycles. The molecule has 0 radical (unpaired) electrons. The van der Waals surface area contributed by atoms with Gasteiger partial charge in [-0.3, -0.25) is 4.79 Å². The summed E-state index contributed by atoms with van der Waals surface area (Å²) < 4.78 is 7.18. The molecular formula is C26H39NO2Si2. The highest BCUT2D eigenvalue weighted by Gasteiger charge is 2.86. The summed E-state index contributed by atoms with van der Waals surface area (Å²) in [6.45, 7) is 18.5. The molecular weight excluding hydrogens is 414 g/mol. The van der Waals surface area contributed by atoms with Gasteiger partial charge in [0.05, 0.1) is 5.04 Å². The maximum Gasteiger partial charge on any atom is 0.224 e. The van der Waals surface area contributed by atoms with Gasteiger partial charge in [-0.25, -0.2) is 0 Å². The zero-order valence-corrected chi connectivity index (χ0v) is 22.6. The third-order valence-electron chi connectivity index (χ3n) is 9.51.